The van der Waals surface area contributed by atoms with E-state index in [2.05, 4.69) is 16.4 Å². The molecule has 1 aliphatic rings. The molecular formula is C13H20N2O. The molecule has 0 spiro atoms. The van der Waals surface area contributed by atoms with Crippen LogP contribution in [0.5, 0.6) is 5.75 Å². The van der Waals surface area contributed by atoms with E-state index in [4.69, 9.17) is 4.74 Å². The Morgan fingerprint density at radius 2 is 2.19 bits per heavy atom. The van der Waals surface area contributed by atoms with Crippen molar-refractivity contribution in [3.05, 3.63) is 24.0 Å². The first-order valence-corrected chi connectivity index (χ1v) is 6.02. The first-order chi connectivity index (χ1) is 7.86. The molecule has 1 N–H and O–H groups in total. The lowest BCUT2D eigenvalue weighted by atomic mass is 9.92. The van der Waals surface area contributed by atoms with Gasteiger partial charge in [-0.3, -0.25) is 4.98 Å². The minimum Gasteiger partial charge on any atom is -0.495 e. The second-order valence-electron chi connectivity index (χ2n) is 4.43. The third-order valence-corrected chi connectivity index (χ3v) is 3.55. The molecule has 0 bridgehead atoms. The summed E-state index contributed by atoms with van der Waals surface area (Å²) in [5, 5.41) is 3.43. The normalized spacial score (nSPS) is 18.6. The molecule has 1 aliphatic carbocycles. The van der Waals surface area contributed by atoms with Crippen molar-refractivity contribution in [3.8, 4) is 5.75 Å². The molecule has 1 fully saturated rings. The zero-order valence-electron chi connectivity index (χ0n) is 10.1. The van der Waals surface area contributed by atoms with E-state index in [-0.39, 0.29) is 0 Å². The van der Waals surface area contributed by atoms with E-state index in [0.717, 1.165) is 11.7 Å². The highest BCUT2D eigenvalue weighted by Crippen LogP contribution is 2.38. The third-order valence-electron chi connectivity index (χ3n) is 3.55. The smallest absolute Gasteiger partial charge is 0.141 e. The number of rotatable bonds is 4. The predicted octanol–water partition coefficient (Wildman–Crippen LogP) is 2.54. The maximum atomic E-state index is 5.39. The molecule has 0 aliphatic heterocycles. The molecular weight excluding hydrogens is 200 g/mol. The summed E-state index contributed by atoms with van der Waals surface area (Å²) in [6.45, 7) is 0. The standard InChI is InChI=1S/C13H20N2O/c1-14-13(10-5-3-4-6-10)11-7-8-15-9-12(11)16-2/h7-10,13-14H,3-6H2,1-2H3. The maximum absolute atomic E-state index is 5.39. The Hall–Kier alpha value is -1.09. The fourth-order valence-corrected chi connectivity index (χ4v) is 2.75. The van der Waals surface area contributed by atoms with E-state index in [9.17, 15) is 0 Å². The van der Waals surface area contributed by atoms with Crippen LogP contribution in [0.15, 0.2) is 18.5 Å². The van der Waals surface area contributed by atoms with E-state index in [1.807, 2.05) is 13.2 Å². The van der Waals surface area contributed by atoms with Gasteiger partial charge in [0.2, 0.25) is 0 Å². The van der Waals surface area contributed by atoms with Crippen LogP contribution >= 0.6 is 0 Å². The van der Waals surface area contributed by atoms with Gasteiger partial charge in [-0.05, 0) is 31.9 Å². The van der Waals surface area contributed by atoms with E-state index < -0.39 is 0 Å². The van der Waals surface area contributed by atoms with Crippen LogP contribution in [-0.2, 0) is 0 Å². The van der Waals surface area contributed by atoms with Gasteiger partial charge in [0.05, 0.1) is 13.3 Å². The predicted molar refractivity (Wildman–Crippen MR) is 64.5 cm³/mol. The quantitative estimate of drug-likeness (QED) is 0.846. The molecule has 1 heterocycles. The van der Waals surface area contributed by atoms with E-state index >= 15 is 0 Å². The summed E-state index contributed by atoms with van der Waals surface area (Å²) in [5.74, 6) is 1.63. The van der Waals surface area contributed by atoms with Gasteiger partial charge < -0.3 is 10.1 Å². The Bertz CT molecular complexity index is 334. The van der Waals surface area contributed by atoms with Crippen molar-refractivity contribution in [2.24, 2.45) is 5.92 Å². The topological polar surface area (TPSA) is 34.2 Å². The van der Waals surface area contributed by atoms with Gasteiger partial charge in [0, 0.05) is 17.8 Å². The number of ether oxygens (including phenoxy) is 1. The van der Waals surface area contributed by atoms with Crippen LogP contribution in [0.4, 0.5) is 0 Å². The highest BCUT2D eigenvalue weighted by molar-refractivity contribution is 5.33. The van der Waals surface area contributed by atoms with Crippen molar-refractivity contribution in [1.29, 1.82) is 0 Å². The van der Waals surface area contributed by atoms with Crippen LogP contribution in [0, 0.1) is 5.92 Å². The summed E-state index contributed by atoms with van der Waals surface area (Å²) in [4.78, 5) is 4.11. The summed E-state index contributed by atoms with van der Waals surface area (Å²) in [6, 6.07) is 2.47. The van der Waals surface area contributed by atoms with Crippen LogP contribution < -0.4 is 10.1 Å². The summed E-state index contributed by atoms with van der Waals surface area (Å²) in [5.41, 5.74) is 1.24. The summed E-state index contributed by atoms with van der Waals surface area (Å²) >= 11 is 0. The average molecular weight is 220 g/mol. The van der Waals surface area contributed by atoms with Gasteiger partial charge in [-0.15, -0.1) is 0 Å². The van der Waals surface area contributed by atoms with Crippen LogP contribution in [0.1, 0.15) is 37.3 Å². The highest BCUT2D eigenvalue weighted by Gasteiger charge is 2.26. The summed E-state index contributed by atoms with van der Waals surface area (Å²) in [6.07, 6.45) is 8.99. The van der Waals surface area contributed by atoms with Crippen LogP contribution in [0.3, 0.4) is 0 Å². The monoisotopic (exact) mass is 220 g/mol. The lowest BCUT2D eigenvalue weighted by Crippen LogP contribution is -2.24. The van der Waals surface area contributed by atoms with Crippen LogP contribution in [-0.4, -0.2) is 19.1 Å². The number of methoxy groups -OCH3 is 1. The maximum Gasteiger partial charge on any atom is 0.141 e. The van der Waals surface area contributed by atoms with Crippen molar-refractivity contribution in [2.45, 2.75) is 31.7 Å². The van der Waals surface area contributed by atoms with Gasteiger partial charge in [-0.1, -0.05) is 12.8 Å². The van der Waals surface area contributed by atoms with Crippen molar-refractivity contribution in [3.63, 3.8) is 0 Å². The largest absolute Gasteiger partial charge is 0.495 e. The fourth-order valence-electron chi connectivity index (χ4n) is 2.75. The van der Waals surface area contributed by atoms with Gasteiger partial charge in [0.25, 0.3) is 0 Å². The molecule has 1 aromatic heterocycles. The van der Waals surface area contributed by atoms with E-state index in [1.54, 1.807) is 13.3 Å². The van der Waals surface area contributed by atoms with Crippen molar-refractivity contribution in [2.75, 3.05) is 14.2 Å². The molecule has 16 heavy (non-hydrogen) atoms. The van der Waals surface area contributed by atoms with Crippen LogP contribution in [0.25, 0.3) is 0 Å². The molecule has 0 amide bonds. The molecule has 2 rings (SSSR count). The molecule has 88 valence electrons. The number of nitrogens with one attached hydrogen (secondary N) is 1. The molecule has 3 heteroatoms. The van der Waals surface area contributed by atoms with E-state index in [0.29, 0.717) is 6.04 Å². The van der Waals surface area contributed by atoms with Gasteiger partial charge in [0.15, 0.2) is 0 Å². The summed E-state index contributed by atoms with van der Waals surface area (Å²) < 4.78 is 5.39. The molecule has 0 radical (unpaired) electrons. The second kappa shape index (κ2) is 5.30. The van der Waals surface area contributed by atoms with Gasteiger partial charge in [-0.25, -0.2) is 0 Å². The number of hydrogen-bond donors (Lipinski definition) is 1. The van der Waals surface area contributed by atoms with Crippen molar-refractivity contribution >= 4 is 0 Å². The first kappa shape index (κ1) is 11.4. The van der Waals surface area contributed by atoms with Crippen LogP contribution in [0.2, 0.25) is 0 Å². The van der Waals surface area contributed by atoms with Gasteiger partial charge >= 0.3 is 0 Å². The Morgan fingerprint density at radius 3 is 2.81 bits per heavy atom. The minimum atomic E-state index is 0.403. The summed E-state index contributed by atoms with van der Waals surface area (Å²) in [7, 11) is 3.74. The number of pyridine rings is 1. The number of aromatic nitrogens is 1. The molecule has 1 atom stereocenters. The Balaban J connectivity index is 2.24. The minimum absolute atomic E-state index is 0.403. The molecule has 0 aromatic carbocycles. The lowest BCUT2D eigenvalue weighted by Gasteiger charge is -2.24. The molecule has 1 saturated carbocycles. The third kappa shape index (κ3) is 2.19. The Labute approximate surface area is 97.2 Å². The second-order valence-corrected chi connectivity index (χ2v) is 4.43. The zero-order valence-corrected chi connectivity index (χ0v) is 10.1. The lowest BCUT2D eigenvalue weighted by molar-refractivity contribution is 0.358. The molecule has 1 unspecified atom stereocenters. The van der Waals surface area contributed by atoms with Gasteiger partial charge in [-0.2, -0.15) is 0 Å². The Morgan fingerprint density at radius 1 is 1.44 bits per heavy atom. The SMILES string of the molecule is CNC(c1ccncc1OC)C1CCCC1. The van der Waals surface area contributed by atoms with Gasteiger partial charge in [0.1, 0.15) is 5.75 Å². The molecule has 1 aromatic rings. The van der Waals surface area contributed by atoms with E-state index in [1.165, 1.54) is 31.2 Å². The van der Waals surface area contributed by atoms with Crippen molar-refractivity contribution < 1.29 is 4.74 Å². The number of hydrogen-bond acceptors (Lipinski definition) is 3. The first-order valence-electron chi connectivity index (χ1n) is 6.02. The Kier molecular flexibility index (Phi) is 3.78. The van der Waals surface area contributed by atoms with Crippen molar-refractivity contribution in [1.82, 2.24) is 10.3 Å². The average Bonchev–Trinajstić information content (AvgIpc) is 2.84. The molecule has 0 saturated heterocycles. The fraction of sp³-hybridized carbons (Fsp3) is 0.615. The zero-order chi connectivity index (χ0) is 11.4. The highest BCUT2D eigenvalue weighted by atomic mass is 16.5. The molecule has 3 nitrogen and oxygen atoms in total. The number of nitrogens with zero attached hydrogens (tertiary/aromatic N) is 1.